The Labute approximate surface area is 139 Å². The van der Waals surface area contributed by atoms with Crippen molar-refractivity contribution in [1.82, 2.24) is 4.90 Å². The fraction of sp³-hybridized carbons (Fsp3) is 0.611. The molecule has 24 heavy (non-hydrogen) atoms. The minimum atomic E-state index is -4.34. The second-order valence-corrected chi connectivity index (χ2v) is 7.09. The number of hydrogen-bond donors (Lipinski definition) is 0. The number of rotatable bonds is 1. The van der Waals surface area contributed by atoms with Crippen LogP contribution in [0.3, 0.4) is 0 Å². The van der Waals surface area contributed by atoms with Crippen LogP contribution in [0.1, 0.15) is 36.8 Å². The monoisotopic (exact) mass is 338 g/mol. The van der Waals surface area contributed by atoms with Crippen molar-refractivity contribution in [3.63, 3.8) is 0 Å². The molecule has 130 valence electrons. The van der Waals surface area contributed by atoms with E-state index in [4.69, 9.17) is 0 Å². The molecule has 0 saturated carbocycles. The molecule has 1 aromatic rings. The van der Waals surface area contributed by atoms with Gasteiger partial charge in [-0.15, -0.1) is 0 Å². The van der Waals surface area contributed by atoms with Crippen molar-refractivity contribution >= 4 is 11.6 Å². The molecule has 0 spiro atoms. The van der Waals surface area contributed by atoms with Gasteiger partial charge in [-0.05, 0) is 55.9 Å². The number of benzene rings is 1. The summed E-state index contributed by atoms with van der Waals surface area (Å²) in [5.41, 5.74) is 0.933. The highest BCUT2D eigenvalue weighted by Gasteiger charge is 2.43. The molecule has 2 atom stereocenters. The van der Waals surface area contributed by atoms with E-state index < -0.39 is 11.7 Å². The largest absolute Gasteiger partial charge is 0.416 e. The molecule has 0 aliphatic carbocycles. The summed E-state index contributed by atoms with van der Waals surface area (Å²) in [5, 5.41) is 0. The highest BCUT2D eigenvalue weighted by molar-refractivity contribution is 5.82. The molecule has 3 aliphatic heterocycles. The van der Waals surface area contributed by atoms with Crippen molar-refractivity contribution < 1.29 is 18.0 Å². The average molecular weight is 338 g/mol. The summed E-state index contributed by atoms with van der Waals surface area (Å²) in [5.74, 6) is -0.0750. The summed E-state index contributed by atoms with van der Waals surface area (Å²) < 4.78 is 39.1. The molecule has 0 N–H and O–H groups in total. The topological polar surface area (TPSA) is 23.6 Å². The van der Waals surface area contributed by atoms with Crippen molar-refractivity contribution in [2.24, 2.45) is 5.92 Å². The molecule has 2 unspecified atom stereocenters. The minimum Gasteiger partial charge on any atom is -0.368 e. The number of nitrogens with zero attached hydrogens (tertiary/aromatic N) is 2. The maximum absolute atomic E-state index is 13.0. The second-order valence-electron chi connectivity index (χ2n) is 7.09. The van der Waals surface area contributed by atoms with Gasteiger partial charge in [0.05, 0.1) is 11.5 Å². The fourth-order valence-corrected chi connectivity index (χ4v) is 4.51. The van der Waals surface area contributed by atoms with Crippen molar-refractivity contribution in [1.29, 1.82) is 0 Å². The third-order valence-corrected chi connectivity index (χ3v) is 5.65. The lowest BCUT2D eigenvalue weighted by atomic mass is 9.84. The van der Waals surface area contributed by atoms with Crippen LogP contribution in [0.25, 0.3) is 0 Å². The van der Waals surface area contributed by atoms with E-state index in [0.717, 1.165) is 57.1 Å². The molecule has 1 amide bonds. The zero-order valence-corrected chi connectivity index (χ0v) is 13.5. The Morgan fingerprint density at radius 2 is 1.83 bits per heavy atom. The van der Waals surface area contributed by atoms with Crippen LogP contribution in [-0.2, 0) is 17.4 Å². The Hall–Kier alpha value is -1.72. The molecule has 6 heteroatoms. The van der Waals surface area contributed by atoms with Gasteiger partial charge in [-0.25, -0.2) is 0 Å². The van der Waals surface area contributed by atoms with Gasteiger partial charge in [0.1, 0.15) is 0 Å². The molecule has 0 bridgehead atoms. The molecule has 3 heterocycles. The van der Waals surface area contributed by atoms with Gasteiger partial charge in [0.15, 0.2) is 0 Å². The number of carbonyl (C=O) groups is 1. The standard InChI is InChI=1S/C18H21F3N2O/c19-18(20,21)13-5-6-15-12(10-13)11-14(16-4-3-9-23(15)16)17(24)22-7-1-2-8-22/h5-6,10,14,16H,1-4,7-9,11H2. The normalized spacial score (nSPS) is 26.5. The van der Waals surface area contributed by atoms with E-state index in [1.54, 1.807) is 6.07 Å². The fourth-order valence-electron chi connectivity index (χ4n) is 4.51. The third kappa shape index (κ3) is 2.56. The number of halogens is 3. The van der Waals surface area contributed by atoms with E-state index in [-0.39, 0.29) is 17.9 Å². The van der Waals surface area contributed by atoms with Crippen LogP contribution >= 0.6 is 0 Å². The number of carbonyl (C=O) groups excluding carboxylic acids is 1. The van der Waals surface area contributed by atoms with Crippen molar-refractivity contribution in [3.05, 3.63) is 29.3 Å². The van der Waals surface area contributed by atoms with Crippen molar-refractivity contribution in [3.8, 4) is 0 Å². The van der Waals surface area contributed by atoms with Crippen LogP contribution in [-0.4, -0.2) is 36.5 Å². The van der Waals surface area contributed by atoms with E-state index in [9.17, 15) is 18.0 Å². The zero-order valence-electron chi connectivity index (χ0n) is 13.5. The van der Waals surface area contributed by atoms with Gasteiger partial charge in [0, 0.05) is 31.4 Å². The van der Waals surface area contributed by atoms with Gasteiger partial charge in [0.2, 0.25) is 5.91 Å². The minimum absolute atomic E-state index is 0.132. The first-order chi connectivity index (χ1) is 11.4. The first-order valence-electron chi connectivity index (χ1n) is 8.71. The second kappa shape index (κ2) is 5.67. The Kier molecular flexibility index (Phi) is 3.73. The molecule has 2 fully saturated rings. The zero-order chi connectivity index (χ0) is 16.9. The van der Waals surface area contributed by atoms with E-state index in [1.165, 1.54) is 6.07 Å². The number of amides is 1. The van der Waals surface area contributed by atoms with Crippen molar-refractivity contribution in [2.45, 2.75) is 44.3 Å². The summed E-state index contributed by atoms with van der Waals surface area (Å²) in [7, 11) is 0. The van der Waals surface area contributed by atoms with Crippen LogP contribution in [0, 0.1) is 5.92 Å². The lowest BCUT2D eigenvalue weighted by Crippen LogP contribution is -2.48. The quantitative estimate of drug-likeness (QED) is 0.783. The van der Waals surface area contributed by atoms with Crippen LogP contribution in [0.5, 0.6) is 0 Å². The van der Waals surface area contributed by atoms with Gasteiger partial charge >= 0.3 is 6.18 Å². The summed E-state index contributed by atoms with van der Waals surface area (Å²) in [6.07, 6.45) is 0.0873. The van der Waals surface area contributed by atoms with Crippen molar-refractivity contribution in [2.75, 3.05) is 24.5 Å². The van der Waals surface area contributed by atoms with Crippen LogP contribution in [0.4, 0.5) is 18.9 Å². The lowest BCUT2D eigenvalue weighted by Gasteiger charge is -2.40. The summed E-state index contributed by atoms with van der Waals surface area (Å²) >= 11 is 0. The van der Waals surface area contributed by atoms with Crippen LogP contribution in [0.2, 0.25) is 0 Å². The Morgan fingerprint density at radius 1 is 1.08 bits per heavy atom. The van der Waals surface area contributed by atoms with Crippen LogP contribution < -0.4 is 4.90 Å². The van der Waals surface area contributed by atoms with Crippen LogP contribution in [0.15, 0.2) is 18.2 Å². The predicted octanol–water partition coefficient (Wildman–Crippen LogP) is 3.47. The third-order valence-electron chi connectivity index (χ3n) is 5.65. The predicted molar refractivity (Wildman–Crippen MR) is 84.8 cm³/mol. The molecule has 2 saturated heterocycles. The Bertz CT molecular complexity index is 652. The molecule has 1 aromatic carbocycles. The maximum atomic E-state index is 13.0. The first kappa shape index (κ1) is 15.8. The Morgan fingerprint density at radius 3 is 2.54 bits per heavy atom. The smallest absolute Gasteiger partial charge is 0.368 e. The number of anilines is 1. The van der Waals surface area contributed by atoms with Gasteiger partial charge in [-0.3, -0.25) is 4.79 Å². The summed E-state index contributed by atoms with van der Waals surface area (Å²) in [6.45, 7) is 2.40. The molecule has 3 aliphatic rings. The summed E-state index contributed by atoms with van der Waals surface area (Å²) in [4.78, 5) is 17.0. The average Bonchev–Trinajstić information content (AvgIpc) is 3.23. The molecule has 4 rings (SSSR count). The molecule has 0 aromatic heterocycles. The van der Waals surface area contributed by atoms with E-state index in [0.29, 0.717) is 12.0 Å². The Balaban J connectivity index is 1.68. The SMILES string of the molecule is O=C(C1Cc2cc(C(F)(F)F)ccc2N2CCCC12)N1CCCC1. The highest BCUT2D eigenvalue weighted by Crippen LogP contribution is 2.42. The van der Waals surface area contributed by atoms with E-state index in [2.05, 4.69) is 4.90 Å². The first-order valence-corrected chi connectivity index (χ1v) is 8.71. The van der Waals surface area contributed by atoms with Gasteiger partial charge in [-0.2, -0.15) is 13.2 Å². The van der Waals surface area contributed by atoms with Gasteiger partial charge in [-0.1, -0.05) is 0 Å². The summed E-state index contributed by atoms with van der Waals surface area (Å²) in [6, 6.07) is 4.14. The van der Waals surface area contributed by atoms with Gasteiger partial charge < -0.3 is 9.80 Å². The number of likely N-dealkylation sites (tertiary alicyclic amines) is 1. The molecular weight excluding hydrogens is 317 g/mol. The number of fused-ring (bicyclic) bond motifs is 3. The number of hydrogen-bond acceptors (Lipinski definition) is 2. The number of alkyl halides is 3. The maximum Gasteiger partial charge on any atom is 0.416 e. The lowest BCUT2D eigenvalue weighted by molar-refractivity contribution is -0.137. The highest BCUT2D eigenvalue weighted by atomic mass is 19.4. The van der Waals surface area contributed by atoms with E-state index in [1.807, 2.05) is 4.90 Å². The molecular formula is C18H21F3N2O. The van der Waals surface area contributed by atoms with Gasteiger partial charge in [0.25, 0.3) is 0 Å². The van der Waals surface area contributed by atoms with E-state index >= 15 is 0 Å². The molecule has 0 radical (unpaired) electrons. The molecule has 3 nitrogen and oxygen atoms in total.